The zero-order valence-electron chi connectivity index (χ0n) is 22.3. The summed E-state index contributed by atoms with van der Waals surface area (Å²) in [6, 6.07) is 8.39. The molecule has 0 aliphatic heterocycles. The number of ether oxygens (including phenoxy) is 1. The minimum absolute atomic E-state index is 0.00712. The first-order valence-corrected chi connectivity index (χ1v) is 13.9. The third-order valence-electron chi connectivity index (χ3n) is 10.3. The minimum atomic E-state index is -1.03. The van der Waals surface area contributed by atoms with E-state index in [4.69, 9.17) is 4.74 Å². The van der Waals surface area contributed by atoms with Gasteiger partial charge < -0.3 is 9.30 Å². The molecule has 0 radical (unpaired) electrons. The molecular formula is C32H37NO4. The van der Waals surface area contributed by atoms with Crippen molar-refractivity contribution in [3.05, 3.63) is 58.8 Å². The van der Waals surface area contributed by atoms with Gasteiger partial charge in [0.15, 0.2) is 17.2 Å². The third-order valence-corrected chi connectivity index (χ3v) is 10.3. The summed E-state index contributed by atoms with van der Waals surface area (Å²) in [6.45, 7) is 3.83. The van der Waals surface area contributed by atoms with Crippen molar-refractivity contribution in [2.75, 3.05) is 0 Å². The van der Waals surface area contributed by atoms with E-state index >= 15 is 0 Å². The molecule has 2 saturated carbocycles. The Kier molecular flexibility index (Phi) is 5.81. The van der Waals surface area contributed by atoms with Crippen LogP contribution in [0.4, 0.5) is 0 Å². The Morgan fingerprint density at radius 2 is 1.92 bits per heavy atom. The number of rotatable bonds is 5. The van der Waals surface area contributed by atoms with Gasteiger partial charge in [-0.2, -0.15) is 0 Å². The normalized spacial score (nSPS) is 31.0. The van der Waals surface area contributed by atoms with Crippen LogP contribution in [0.5, 0.6) is 0 Å². The molecule has 1 aromatic carbocycles. The number of ketones is 2. The molecule has 0 bridgehead atoms. The summed E-state index contributed by atoms with van der Waals surface area (Å²) < 4.78 is 8.37. The summed E-state index contributed by atoms with van der Waals surface area (Å²) in [6.07, 6.45) is 11.6. The summed E-state index contributed by atoms with van der Waals surface area (Å²) in [7, 11) is 2.03. The number of hydrogen-bond donors (Lipinski definition) is 0. The van der Waals surface area contributed by atoms with Crippen molar-refractivity contribution in [1.82, 2.24) is 4.57 Å². The molecule has 0 amide bonds. The maximum atomic E-state index is 13.3. The number of aryl methyl sites for hydroxylation is 2. The Bertz CT molecular complexity index is 1380. The van der Waals surface area contributed by atoms with E-state index in [-0.39, 0.29) is 29.4 Å². The van der Waals surface area contributed by atoms with Crippen molar-refractivity contribution in [2.24, 2.45) is 24.3 Å². The second-order valence-electron chi connectivity index (χ2n) is 12.0. The number of fused-ring (bicyclic) bond motifs is 5. The fourth-order valence-corrected chi connectivity index (χ4v) is 8.33. The Labute approximate surface area is 218 Å². The standard InChI is InChI=1S/C32H37NO4/c1-20(34)32(37-30(36)11-5-21-4-10-29-23(18-21)14-17-33(29)3)16-13-28-27-8-6-22-19-24(35)7-9-25(22)26(27)12-15-31(28,32)2/h4,10,14,17-19,27-28H,5-9,11-13,15-16H2,1-3H3/t27-,28+,31+,32+/m1/s1. The molecule has 6 rings (SSSR count). The molecule has 4 aliphatic rings. The summed E-state index contributed by atoms with van der Waals surface area (Å²) >= 11 is 0. The van der Waals surface area contributed by atoms with E-state index in [0.29, 0.717) is 31.1 Å². The van der Waals surface area contributed by atoms with Gasteiger partial charge in [-0.15, -0.1) is 0 Å². The summed E-state index contributed by atoms with van der Waals surface area (Å²) in [5.74, 6) is 0.739. The zero-order chi connectivity index (χ0) is 25.9. The van der Waals surface area contributed by atoms with Gasteiger partial charge in [-0.25, -0.2) is 0 Å². The molecule has 5 nitrogen and oxygen atoms in total. The summed E-state index contributed by atoms with van der Waals surface area (Å²) in [4.78, 5) is 38.5. The van der Waals surface area contributed by atoms with Gasteiger partial charge in [-0.1, -0.05) is 18.6 Å². The molecule has 2 aromatic rings. The highest BCUT2D eigenvalue weighted by atomic mass is 16.6. The number of carbonyl (C=O) groups is 3. The van der Waals surface area contributed by atoms with Gasteiger partial charge in [0.1, 0.15) is 0 Å². The lowest BCUT2D eigenvalue weighted by Crippen LogP contribution is -2.56. The summed E-state index contributed by atoms with van der Waals surface area (Å²) in [5, 5.41) is 1.17. The van der Waals surface area contributed by atoms with Crippen LogP contribution in [-0.4, -0.2) is 27.7 Å². The van der Waals surface area contributed by atoms with E-state index in [2.05, 4.69) is 35.8 Å². The van der Waals surface area contributed by atoms with Gasteiger partial charge in [0.25, 0.3) is 0 Å². The van der Waals surface area contributed by atoms with Gasteiger partial charge in [-0.05, 0) is 116 Å². The number of hydrogen-bond acceptors (Lipinski definition) is 4. The van der Waals surface area contributed by atoms with E-state index in [1.54, 1.807) is 6.92 Å². The molecule has 4 aliphatic carbocycles. The number of aromatic nitrogens is 1. The number of carbonyl (C=O) groups excluding carboxylic acids is 3. The van der Waals surface area contributed by atoms with E-state index in [0.717, 1.165) is 44.1 Å². The van der Waals surface area contributed by atoms with Crippen LogP contribution >= 0.6 is 0 Å². The fourth-order valence-electron chi connectivity index (χ4n) is 8.33. The highest BCUT2D eigenvalue weighted by molar-refractivity contribution is 5.93. The van der Waals surface area contributed by atoms with E-state index in [1.165, 1.54) is 27.6 Å². The van der Waals surface area contributed by atoms with Crippen LogP contribution in [-0.2, 0) is 32.6 Å². The van der Waals surface area contributed by atoms with Crippen LogP contribution in [0, 0.1) is 17.3 Å². The number of allylic oxidation sites excluding steroid dienone is 4. The fraction of sp³-hybridized carbons (Fsp3) is 0.531. The average Bonchev–Trinajstić information content (AvgIpc) is 3.39. The Hall–Kier alpha value is -2.95. The molecule has 5 heteroatoms. The smallest absolute Gasteiger partial charge is 0.307 e. The molecule has 4 atom stereocenters. The average molecular weight is 500 g/mol. The molecule has 2 fully saturated rings. The first-order chi connectivity index (χ1) is 17.7. The van der Waals surface area contributed by atoms with Crippen molar-refractivity contribution >= 4 is 28.4 Å². The second kappa shape index (κ2) is 8.82. The van der Waals surface area contributed by atoms with E-state index in [9.17, 15) is 14.4 Å². The van der Waals surface area contributed by atoms with Crippen molar-refractivity contribution in [1.29, 1.82) is 0 Å². The zero-order valence-corrected chi connectivity index (χ0v) is 22.3. The largest absolute Gasteiger partial charge is 0.450 e. The minimum Gasteiger partial charge on any atom is -0.450 e. The first-order valence-electron chi connectivity index (χ1n) is 13.9. The first kappa shape index (κ1) is 24.4. The van der Waals surface area contributed by atoms with Gasteiger partial charge in [0, 0.05) is 37.0 Å². The predicted molar refractivity (Wildman–Crippen MR) is 143 cm³/mol. The molecule has 0 N–H and O–H groups in total. The SMILES string of the molecule is CC(=O)[C@@]1(OC(=O)CCc2ccc3c(ccn3C)c2)CC[C@H]2[C@@H]3CCC4=CC(=O)CCC4=C3CC[C@@]21C. The Balaban J connectivity index is 1.21. The van der Waals surface area contributed by atoms with Crippen LogP contribution in [0.1, 0.15) is 77.2 Å². The lowest BCUT2D eigenvalue weighted by molar-refractivity contribution is -0.183. The number of esters is 1. The molecule has 37 heavy (non-hydrogen) atoms. The van der Waals surface area contributed by atoms with Crippen LogP contribution in [0.25, 0.3) is 10.9 Å². The van der Waals surface area contributed by atoms with Gasteiger partial charge in [0.05, 0.1) is 0 Å². The highest BCUT2D eigenvalue weighted by Gasteiger charge is 2.65. The molecule has 1 heterocycles. The molecule has 194 valence electrons. The number of Topliss-reactive ketones (excluding diaryl/α,β-unsaturated/α-hetero) is 1. The molecule has 1 aromatic heterocycles. The maximum Gasteiger partial charge on any atom is 0.307 e. The lowest BCUT2D eigenvalue weighted by atomic mass is 9.54. The van der Waals surface area contributed by atoms with Gasteiger partial charge in [-0.3, -0.25) is 14.4 Å². The molecule has 0 saturated heterocycles. The Morgan fingerprint density at radius 3 is 2.73 bits per heavy atom. The number of nitrogens with zero attached hydrogens (tertiary/aromatic N) is 1. The lowest BCUT2D eigenvalue weighted by Gasteiger charge is -2.52. The third kappa shape index (κ3) is 3.76. The maximum absolute atomic E-state index is 13.3. The van der Waals surface area contributed by atoms with E-state index < -0.39 is 5.60 Å². The van der Waals surface area contributed by atoms with Crippen molar-refractivity contribution in [2.45, 2.75) is 83.7 Å². The van der Waals surface area contributed by atoms with Gasteiger partial charge >= 0.3 is 5.97 Å². The molecular weight excluding hydrogens is 462 g/mol. The van der Waals surface area contributed by atoms with Crippen molar-refractivity contribution in [3.8, 4) is 0 Å². The quantitative estimate of drug-likeness (QED) is 0.460. The monoisotopic (exact) mass is 499 g/mol. The highest BCUT2D eigenvalue weighted by Crippen LogP contribution is 2.64. The topological polar surface area (TPSA) is 65.4 Å². The summed E-state index contributed by atoms with van der Waals surface area (Å²) in [5.41, 5.74) is 5.09. The van der Waals surface area contributed by atoms with Crippen LogP contribution in [0.3, 0.4) is 0 Å². The molecule has 0 unspecified atom stereocenters. The Morgan fingerprint density at radius 1 is 1.08 bits per heavy atom. The second-order valence-corrected chi connectivity index (χ2v) is 12.0. The molecule has 0 spiro atoms. The van der Waals surface area contributed by atoms with Crippen molar-refractivity contribution in [3.63, 3.8) is 0 Å². The predicted octanol–water partition coefficient (Wildman–Crippen LogP) is 6.19. The van der Waals surface area contributed by atoms with Crippen LogP contribution < -0.4 is 0 Å². The number of benzene rings is 1. The van der Waals surface area contributed by atoms with Crippen LogP contribution in [0.15, 0.2) is 53.3 Å². The van der Waals surface area contributed by atoms with E-state index in [1.807, 2.05) is 19.3 Å². The van der Waals surface area contributed by atoms with Gasteiger partial charge in [0.2, 0.25) is 0 Å². The van der Waals surface area contributed by atoms with Crippen LogP contribution in [0.2, 0.25) is 0 Å². The van der Waals surface area contributed by atoms with Crippen molar-refractivity contribution < 1.29 is 19.1 Å².